The van der Waals surface area contributed by atoms with E-state index in [0.717, 1.165) is 24.9 Å². The van der Waals surface area contributed by atoms with Crippen LogP contribution in [0.5, 0.6) is 0 Å². The number of nitrogens with one attached hydrogen (secondary N) is 2. The number of amides is 3. The van der Waals surface area contributed by atoms with Gasteiger partial charge in [-0.1, -0.05) is 36.4 Å². The summed E-state index contributed by atoms with van der Waals surface area (Å²) in [5.74, 6) is -0.331. The molecule has 4 N–H and O–H groups in total. The molecule has 1 saturated heterocycles. The maximum absolute atomic E-state index is 12.6. The zero-order valence-corrected chi connectivity index (χ0v) is 13.5. The van der Waals surface area contributed by atoms with E-state index in [1.54, 1.807) is 11.3 Å². The molecule has 6 heteroatoms. The summed E-state index contributed by atoms with van der Waals surface area (Å²) in [4.78, 5) is 26.2. The highest BCUT2D eigenvalue weighted by Gasteiger charge is 2.41. The van der Waals surface area contributed by atoms with E-state index in [1.165, 1.54) is 9.78 Å². The van der Waals surface area contributed by atoms with Crippen LogP contribution in [-0.4, -0.2) is 18.5 Å². The third-order valence-electron chi connectivity index (χ3n) is 4.30. The van der Waals surface area contributed by atoms with E-state index < -0.39 is 12.1 Å². The van der Waals surface area contributed by atoms with Crippen LogP contribution in [0, 0.1) is 0 Å². The second-order valence-corrected chi connectivity index (χ2v) is 6.71. The van der Waals surface area contributed by atoms with Crippen molar-refractivity contribution in [3.8, 4) is 0 Å². The average Bonchev–Trinajstić information content (AvgIpc) is 3.18. The fraction of sp³-hybridized carbons (Fsp3) is 0.294. The maximum atomic E-state index is 12.6. The Balaban J connectivity index is 1.94. The van der Waals surface area contributed by atoms with Crippen molar-refractivity contribution < 1.29 is 14.5 Å². The van der Waals surface area contributed by atoms with Crippen LogP contribution in [0.4, 0.5) is 4.79 Å². The normalized spacial score (nSPS) is 21.7. The Labute approximate surface area is 139 Å². The minimum atomic E-state index is -0.804. The highest BCUT2D eigenvalue weighted by atomic mass is 32.1. The van der Waals surface area contributed by atoms with Gasteiger partial charge >= 0.3 is 6.03 Å². The molecule has 120 valence electrons. The van der Waals surface area contributed by atoms with E-state index in [2.05, 4.69) is 16.8 Å². The number of nitrogens with two attached hydrogens (primary N) is 1. The summed E-state index contributed by atoms with van der Waals surface area (Å²) in [5, 5.41) is 4.33. The number of hydrogen-bond acceptors (Lipinski definition) is 3. The molecule has 23 heavy (non-hydrogen) atoms. The lowest BCUT2D eigenvalue weighted by atomic mass is 10.0. The van der Waals surface area contributed by atoms with Crippen molar-refractivity contribution in [2.45, 2.75) is 24.9 Å². The molecule has 3 amide bonds. The molecule has 1 unspecified atom stereocenters. The predicted octanol–water partition coefficient (Wildman–Crippen LogP) is 1.40. The van der Waals surface area contributed by atoms with Gasteiger partial charge in [0.2, 0.25) is 0 Å². The second kappa shape index (κ2) is 6.93. The fourth-order valence-electron chi connectivity index (χ4n) is 3.40. The highest BCUT2D eigenvalue weighted by molar-refractivity contribution is 7.10. The van der Waals surface area contributed by atoms with Gasteiger partial charge in [0, 0.05) is 18.4 Å². The Morgan fingerprint density at radius 1 is 1.22 bits per heavy atom. The number of rotatable bonds is 4. The number of urea groups is 1. The maximum Gasteiger partial charge on any atom is 0.319 e. The molecule has 2 aromatic rings. The van der Waals surface area contributed by atoms with Gasteiger partial charge in [0.15, 0.2) is 6.04 Å². The molecule has 1 fully saturated rings. The van der Waals surface area contributed by atoms with E-state index in [9.17, 15) is 9.59 Å². The highest BCUT2D eigenvalue weighted by Crippen LogP contribution is 2.26. The summed E-state index contributed by atoms with van der Waals surface area (Å²) in [6, 6.07) is 12.8. The SMILES string of the molecule is NC(=O)NC(=O)[C@@H](c1ccccc1)[NH+]1CCC[C@@H]1c1cccs1. The first kappa shape index (κ1) is 15.7. The van der Waals surface area contributed by atoms with Gasteiger partial charge in [-0.25, -0.2) is 4.79 Å². The number of thiophene rings is 1. The summed E-state index contributed by atoms with van der Waals surface area (Å²) < 4.78 is 0. The molecule has 1 aromatic heterocycles. The van der Waals surface area contributed by atoms with E-state index in [-0.39, 0.29) is 11.9 Å². The molecule has 3 rings (SSSR count). The number of primary amides is 1. The van der Waals surface area contributed by atoms with E-state index in [1.807, 2.05) is 36.4 Å². The molecule has 2 heterocycles. The number of imide groups is 1. The van der Waals surface area contributed by atoms with Gasteiger partial charge in [-0.2, -0.15) is 0 Å². The molecule has 1 aliphatic rings. The molecule has 0 saturated carbocycles. The fourth-order valence-corrected chi connectivity index (χ4v) is 4.31. The number of quaternary nitrogens is 1. The topological polar surface area (TPSA) is 76.6 Å². The first-order valence-electron chi connectivity index (χ1n) is 7.71. The molecule has 0 aliphatic carbocycles. The van der Waals surface area contributed by atoms with Gasteiger partial charge in [-0.05, 0) is 11.4 Å². The molecule has 1 aromatic carbocycles. The summed E-state index contributed by atoms with van der Waals surface area (Å²) in [6.45, 7) is 0.897. The first-order valence-corrected chi connectivity index (χ1v) is 8.59. The van der Waals surface area contributed by atoms with Crippen LogP contribution in [0.1, 0.15) is 35.4 Å². The predicted molar refractivity (Wildman–Crippen MR) is 89.0 cm³/mol. The third-order valence-corrected chi connectivity index (χ3v) is 5.29. The van der Waals surface area contributed by atoms with Crippen LogP contribution >= 0.6 is 11.3 Å². The van der Waals surface area contributed by atoms with E-state index in [4.69, 9.17) is 5.73 Å². The van der Waals surface area contributed by atoms with Crippen LogP contribution in [0.2, 0.25) is 0 Å². The Kier molecular flexibility index (Phi) is 4.73. The van der Waals surface area contributed by atoms with Gasteiger partial charge in [0.25, 0.3) is 5.91 Å². The van der Waals surface area contributed by atoms with Crippen molar-refractivity contribution >= 4 is 23.3 Å². The van der Waals surface area contributed by atoms with Crippen molar-refractivity contribution in [2.24, 2.45) is 5.73 Å². The van der Waals surface area contributed by atoms with Crippen molar-refractivity contribution in [2.75, 3.05) is 6.54 Å². The summed E-state index contributed by atoms with van der Waals surface area (Å²) >= 11 is 1.72. The molecular formula is C17H20N3O2S+. The van der Waals surface area contributed by atoms with Crippen molar-refractivity contribution in [3.05, 3.63) is 58.3 Å². The molecule has 5 nitrogen and oxygen atoms in total. The lowest BCUT2D eigenvalue weighted by Gasteiger charge is -2.28. The molecule has 1 aliphatic heterocycles. The van der Waals surface area contributed by atoms with Crippen LogP contribution in [0.25, 0.3) is 0 Å². The van der Waals surface area contributed by atoms with E-state index in [0.29, 0.717) is 0 Å². The van der Waals surface area contributed by atoms with Gasteiger partial charge in [0.05, 0.1) is 11.4 Å². The van der Waals surface area contributed by atoms with Crippen LogP contribution in [-0.2, 0) is 4.79 Å². The van der Waals surface area contributed by atoms with Crippen molar-refractivity contribution in [1.82, 2.24) is 5.32 Å². The minimum absolute atomic E-state index is 0.277. The number of benzene rings is 1. The quantitative estimate of drug-likeness (QED) is 0.793. The number of hydrogen-bond donors (Lipinski definition) is 3. The summed E-state index contributed by atoms with van der Waals surface area (Å²) in [6.07, 6.45) is 2.11. The average molecular weight is 330 g/mol. The number of carbonyl (C=O) groups excluding carboxylic acids is 2. The van der Waals surface area contributed by atoms with E-state index >= 15 is 0 Å². The summed E-state index contributed by atoms with van der Waals surface area (Å²) in [5.41, 5.74) is 6.07. The standard InChI is InChI=1S/C17H19N3O2S/c18-17(22)19-16(21)15(12-6-2-1-3-7-12)20-10-4-8-13(20)14-9-5-11-23-14/h1-3,5-7,9,11,13,15H,4,8,10H2,(H3,18,19,21,22)/p+1/t13-,15-/m1/s1. The lowest BCUT2D eigenvalue weighted by molar-refractivity contribution is -0.939. The van der Waals surface area contributed by atoms with Crippen LogP contribution in [0.3, 0.4) is 0 Å². The Bertz CT molecular complexity index is 672. The minimum Gasteiger partial charge on any atom is -0.351 e. The smallest absolute Gasteiger partial charge is 0.319 e. The third kappa shape index (κ3) is 3.43. The molecule has 0 radical (unpaired) electrons. The molecule has 0 bridgehead atoms. The zero-order valence-electron chi connectivity index (χ0n) is 12.7. The Morgan fingerprint density at radius 3 is 2.65 bits per heavy atom. The monoisotopic (exact) mass is 330 g/mol. The zero-order chi connectivity index (χ0) is 16.2. The molecule has 3 atom stereocenters. The van der Waals surface area contributed by atoms with Crippen LogP contribution < -0.4 is 16.0 Å². The van der Waals surface area contributed by atoms with Gasteiger partial charge in [-0.15, -0.1) is 11.3 Å². The number of carbonyl (C=O) groups is 2. The second-order valence-electron chi connectivity index (χ2n) is 5.73. The Hall–Kier alpha value is -2.18. The molecule has 0 spiro atoms. The van der Waals surface area contributed by atoms with Crippen LogP contribution in [0.15, 0.2) is 47.8 Å². The van der Waals surface area contributed by atoms with Crippen molar-refractivity contribution in [1.29, 1.82) is 0 Å². The van der Waals surface area contributed by atoms with Gasteiger partial charge in [0.1, 0.15) is 6.04 Å². The largest absolute Gasteiger partial charge is 0.351 e. The van der Waals surface area contributed by atoms with Gasteiger partial charge in [-0.3, -0.25) is 10.1 Å². The molecular weight excluding hydrogens is 310 g/mol. The number of likely N-dealkylation sites (tertiary alicyclic amines) is 1. The summed E-state index contributed by atoms with van der Waals surface area (Å²) in [7, 11) is 0. The first-order chi connectivity index (χ1) is 11.2. The van der Waals surface area contributed by atoms with Crippen molar-refractivity contribution in [3.63, 3.8) is 0 Å². The lowest BCUT2D eigenvalue weighted by Crippen LogP contribution is -3.11. The Morgan fingerprint density at radius 2 is 2.00 bits per heavy atom. The van der Waals surface area contributed by atoms with Gasteiger partial charge < -0.3 is 10.6 Å².